The fraction of sp³-hybridized carbons (Fsp3) is 0.200. The lowest BCUT2D eigenvalue weighted by atomic mass is 10.1. The van der Waals surface area contributed by atoms with Crippen molar-refractivity contribution in [2.75, 3.05) is 0 Å². The third kappa shape index (κ3) is 3.08. The molecule has 2 aromatic carbocycles. The maximum atomic E-state index is 5.89. The normalized spacial score (nSPS) is 12.1. The maximum absolute atomic E-state index is 5.89. The second-order valence-corrected chi connectivity index (χ2v) is 4.02. The summed E-state index contributed by atoms with van der Waals surface area (Å²) in [5.74, 6) is 0.865. The van der Waals surface area contributed by atoms with Crippen LogP contribution in [0, 0.1) is 0 Å². The van der Waals surface area contributed by atoms with Crippen LogP contribution in [0.3, 0.4) is 0 Å². The Morgan fingerprint density at radius 1 is 1.06 bits per heavy atom. The van der Waals surface area contributed by atoms with Gasteiger partial charge in [-0.1, -0.05) is 42.5 Å². The van der Waals surface area contributed by atoms with E-state index in [9.17, 15) is 0 Å². The summed E-state index contributed by atoms with van der Waals surface area (Å²) in [6.45, 7) is 2.58. The Balaban J connectivity index is 2.10. The highest BCUT2D eigenvalue weighted by Crippen LogP contribution is 2.22. The molecule has 0 radical (unpaired) electrons. The van der Waals surface area contributed by atoms with E-state index in [-0.39, 0.29) is 6.10 Å². The smallest absolute Gasteiger partial charge is 0.121 e. The highest BCUT2D eigenvalue weighted by molar-refractivity contribution is 5.29. The first-order valence-electron chi connectivity index (χ1n) is 5.80. The predicted molar refractivity (Wildman–Crippen MR) is 69.8 cm³/mol. The summed E-state index contributed by atoms with van der Waals surface area (Å²) in [6.07, 6.45) is 0.0456. The van der Waals surface area contributed by atoms with Crippen molar-refractivity contribution in [3.05, 3.63) is 65.7 Å². The van der Waals surface area contributed by atoms with Gasteiger partial charge in [0.15, 0.2) is 0 Å². The largest absolute Gasteiger partial charge is 0.486 e. The zero-order valence-electron chi connectivity index (χ0n) is 9.97. The van der Waals surface area contributed by atoms with Crippen molar-refractivity contribution < 1.29 is 4.74 Å². The molecular formula is C15H17NO. The highest BCUT2D eigenvalue weighted by Gasteiger charge is 2.06. The lowest BCUT2D eigenvalue weighted by Gasteiger charge is -2.15. The molecule has 2 rings (SSSR count). The van der Waals surface area contributed by atoms with E-state index in [1.54, 1.807) is 0 Å². The molecule has 0 bridgehead atoms. The van der Waals surface area contributed by atoms with E-state index in [2.05, 4.69) is 12.1 Å². The number of ether oxygens (including phenoxy) is 1. The molecule has 0 aliphatic rings. The molecule has 0 amide bonds. The van der Waals surface area contributed by atoms with Crippen LogP contribution in [-0.4, -0.2) is 0 Å². The minimum Gasteiger partial charge on any atom is -0.486 e. The molecule has 0 saturated carbocycles. The summed E-state index contributed by atoms with van der Waals surface area (Å²) in [6, 6.07) is 18.1. The zero-order valence-corrected chi connectivity index (χ0v) is 9.97. The SMILES string of the molecule is CC(Oc1cccc(CN)c1)c1ccccc1. The fourth-order valence-electron chi connectivity index (χ4n) is 1.74. The van der Waals surface area contributed by atoms with Crippen LogP contribution < -0.4 is 10.5 Å². The molecule has 0 saturated heterocycles. The average molecular weight is 227 g/mol. The van der Waals surface area contributed by atoms with Crippen LogP contribution in [-0.2, 0) is 6.54 Å². The second kappa shape index (κ2) is 5.51. The minimum atomic E-state index is 0.0456. The molecule has 0 aromatic heterocycles. The van der Waals surface area contributed by atoms with Gasteiger partial charge in [-0.25, -0.2) is 0 Å². The molecule has 0 heterocycles. The highest BCUT2D eigenvalue weighted by atomic mass is 16.5. The summed E-state index contributed by atoms with van der Waals surface area (Å²) < 4.78 is 5.89. The number of hydrogen-bond acceptors (Lipinski definition) is 2. The predicted octanol–water partition coefficient (Wildman–Crippen LogP) is 3.29. The van der Waals surface area contributed by atoms with Crippen molar-refractivity contribution in [1.82, 2.24) is 0 Å². The molecule has 2 N–H and O–H groups in total. The molecule has 1 atom stereocenters. The Labute approximate surface area is 102 Å². The quantitative estimate of drug-likeness (QED) is 0.870. The van der Waals surface area contributed by atoms with Crippen molar-refractivity contribution in [3.63, 3.8) is 0 Å². The van der Waals surface area contributed by atoms with Crippen molar-refractivity contribution in [2.45, 2.75) is 19.6 Å². The summed E-state index contributed by atoms with van der Waals surface area (Å²) in [7, 11) is 0. The Hall–Kier alpha value is -1.80. The molecular weight excluding hydrogens is 210 g/mol. The minimum absolute atomic E-state index is 0.0456. The van der Waals surface area contributed by atoms with Crippen molar-refractivity contribution in [2.24, 2.45) is 5.73 Å². The topological polar surface area (TPSA) is 35.2 Å². The fourth-order valence-corrected chi connectivity index (χ4v) is 1.74. The van der Waals surface area contributed by atoms with Gasteiger partial charge in [0, 0.05) is 6.54 Å². The maximum Gasteiger partial charge on any atom is 0.121 e. The average Bonchev–Trinajstić information content (AvgIpc) is 2.40. The molecule has 0 fully saturated rings. The monoisotopic (exact) mass is 227 g/mol. The Morgan fingerprint density at radius 3 is 2.53 bits per heavy atom. The molecule has 88 valence electrons. The van der Waals surface area contributed by atoms with E-state index < -0.39 is 0 Å². The van der Waals surface area contributed by atoms with E-state index in [1.807, 2.05) is 49.4 Å². The molecule has 2 nitrogen and oxygen atoms in total. The van der Waals surface area contributed by atoms with E-state index in [4.69, 9.17) is 10.5 Å². The molecule has 0 aliphatic heterocycles. The van der Waals surface area contributed by atoms with Crippen LogP contribution in [0.5, 0.6) is 5.75 Å². The van der Waals surface area contributed by atoms with Gasteiger partial charge in [0.25, 0.3) is 0 Å². The van der Waals surface area contributed by atoms with Gasteiger partial charge in [-0.15, -0.1) is 0 Å². The van der Waals surface area contributed by atoms with E-state index in [0.717, 1.165) is 11.3 Å². The molecule has 2 heteroatoms. The summed E-state index contributed by atoms with van der Waals surface area (Å²) in [5, 5.41) is 0. The summed E-state index contributed by atoms with van der Waals surface area (Å²) >= 11 is 0. The summed E-state index contributed by atoms with van der Waals surface area (Å²) in [4.78, 5) is 0. The van der Waals surface area contributed by atoms with E-state index in [0.29, 0.717) is 6.54 Å². The van der Waals surface area contributed by atoms with Gasteiger partial charge in [0.2, 0.25) is 0 Å². The van der Waals surface area contributed by atoms with Gasteiger partial charge in [0.05, 0.1) is 0 Å². The van der Waals surface area contributed by atoms with Gasteiger partial charge in [0.1, 0.15) is 11.9 Å². The second-order valence-electron chi connectivity index (χ2n) is 4.02. The molecule has 0 aliphatic carbocycles. The van der Waals surface area contributed by atoms with Crippen LogP contribution >= 0.6 is 0 Å². The standard InChI is InChI=1S/C15H17NO/c1-12(14-7-3-2-4-8-14)17-15-9-5-6-13(10-15)11-16/h2-10,12H,11,16H2,1H3. The number of benzene rings is 2. The summed E-state index contributed by atoms with van der Waals surface area (Å²) in [5.41, 5.74) is 7.86. The third-order valence-electron chi connectivity index (χ3n) is 2.72. The Kier molecular flexibility index (Phi) is 3.78. The van der Waals surface area contributed by atoms with Gasteiger partial charge in [-0.3, -0.25) is 0 Å². The lowest BCUT2D eigenvalue weighted by molar-refractivity contribution is 0.227. The van der Waals surface area contributed by atoms with Crippen LogP contribution in [0.2, 0.25) is 0 Å². The van der Waals surface area contributed by atoms with Crippen molar-refractivity contribution >= 4 is 0 Å². The first kappa shape index (κ1) is 11.7. The van der Waals surface area contributed by atoms with Gasteiger partial charge in [-0.2, -0.15) is 0 Å². The number of hydrogen-bond donors (Lipinski definition) is 1. The van der Waals surface area contributed by atoms with Crippen molar-refractivity contribution in [3.8, 4) is 5.75 Å². The Bertz CT molecular complexity index is 467. The first-order chi connectivity index (χ1) is 8.29. The van der Waals surface area contributed by atoms with Crippen LogP contribution in [0.25, 0.3) is 0 Å². The number of rotatable bonds is 4. The van der Waals surface area contributed by atoms with Crippen LogP contribution in [0.4, 0.5) is 0 Å². The van der Waals surface area contributed by atoms with Crippen molar-refractivity contribution in [1.29, 1.82) is 0 Å². The first-order valence-corrected chi connectivity index (χ1v) is 5.80. The van der Waals surface area contributed by atoms with Crippen LogP contribution in [0.1, 0.15) is 24.2 Å². The zero-order chi connectivity index (χ0) is 12.1. The van der Waals surface area contributed by atoms with E-state index >= 15 is 0 Å². The van der Waals surface area contributed by atoms with Gasteiger partial charge >= 0.3 is 0 Å². The number of nitrogens with two attached hydrogens (primary N) is 1. The molecule has 17 heavy (non-hydrogen) atoms. The van der Waals surface area contributed by atoms with E-state index in [1.165, 1.54) is 5.56 Å². The molecule has 2 aromatic rings. The molecule has 1 unspecified atom stereocenters. The van der Waals surface area contributed by atoms with Gasteiger partial charge < -0.3 is 10.5 Å². The third-order valence-corrected chi connectivity index (χ3v) is 2.72. The Morgan fingerprint density at radius 2 is 1.82 bits per heavy atom. The van der Waals surface area contributed by atoms with Crippen LogP contribution in [0.15, 0.2) is 54.6 Å². The lowest BCUT2D eigenvalue weighted by Crippen LogP contribution is -2.03. The molecule has 0 spiro atoms. The van der Waals surface area contributed by atoms with Gasteiger partial charge in [-0.05, 0) is 30.2 Å².